The molecule has 1 aliphatic rings. The van der Waals surface area contributed by atoms with Gasteiger partial charge in [-0.05, 0) is 49.2 Å². The molecule has 0 aliphatic carbocycles. The number of pyridine rings is 2. The van der Waals surface area contributed by atoms with Crippen molar-refractivity contribution in [2.45, 2.75) is 18.9 Å². The number of amides is 1. The van der Waals surface area contributed by atoms with Crippen LogP contribution in [-0.4, -0.2) is 46.9 Å². The minimum atomic E-state index is -0.649. The Morgan fingerprint density at radius 3 is 2.83 bits per heavy atom. The summed E-state index contributed by atoms with van der Waals surface area (Å²) in [5, 5.41) is 13.7. The summed E-state index contributed by atoms with van der Waals surface area (Å²) in [6.45, 7) is 0.947. The molecule has 4 rings (SSSR count). The lowest BCUT2D eigenvalue weighted by Crippen LogP contribution is -2.36. The van der Waals surface area contributed by atoms with E-state index < -0.39 is 11.5 Å². The minimum Gasteiger partial charge on any atom is -0.506 e. The molecule has 1 aromatic carbocycles. The average molecular weight is 395 g/mol. The van der Waals surface area contributed by atoms with Gasteiger partial charge in [-0.15, -0.1) is 0 Å². The molecular formula is C21H21N3O5. The van der Waals surface area contributed by atoms with Crippen LogP contribution in [0, 0.1) is 0 Å². The monoisotopic (exact) mass is 395 g/mol. The Morgan fingerprint density at radius 1 is 1.34 bits per heavy atom. The first-order valence-corrected chi connectivity index (χ1v) is 9.37. The predicted octanol–water partition coefficient (Wildman–Crippen LogP) is 2.01. The highest BCUT2D eigenvalue weighted by atomic mass is 16.5. The lowest BCUT2D eigenvalue weighted by atomic mass is 10.1. The Balaban J connectivity index is 1.82. The molecule has 2 N–H and O–H groups in total. The smallest absolute Gasteiger partial charge is 0.273 e. The van der Waals surface area contributed by atoms with E-state index in [0.717, 1.165) is 12.8 Å². The number of nitrogens with one attached hydrogen (secondary N) is 1. The molecule has 0 bridgehead atoms. The highest BCUT2D eigenvalue weighted by molar-refractivity contribution is 6.02. The molecule has 1 aliphatic heterocycles. The van der Waals surface area contributed by atoms with Gasteiger partial charge in [0.25, 0.3) is 11.5 Å². The number of hydrogen-bond donors (Lipinski definition) is 2. The summed E-state index contributed by atoms with van der Waals surface area (Å²) >= 11 is 0. The van der Waals surface area contributed by atoms with E-state index >= 15 is 0 Å². The summed E-state index contributed by atoms with van der Waals surface area (Å²) in [4.78, 5) is 30.3. The first-order chi connectivity index (χ1) is 14.1. The number of rotatable bonds is 5. The number of hydrogen-bond acceptors (Lipinski definition) is 6. The summed E-state index contributed by atoms with van der Waals surface area (Å²) < 4.78 is 12.0. The Morgan fingerprint density at radius 2 is 2.14 bits per heavy atom. The third kappa shape index (κ3) is 3.54. The number of carbonyl (C=O) groups is 1. The van der Waals surface area contributed by atoms with Crippen molar-refractivity contribution in [3.63, 3.8) is 0 Å². The van der Waals surface area contributed by atoms with Crippen molar-refractivity contribution in [3.05, 3.63) is 58.5 Å². The van der Waals surface area contributed by atoms with Crippen LogP contribution < -0.4 is 15.6 Å². The van der Waals surface area contributed by atoms with Crippen molar-refractivity contribution in [2.24, 2.45) is 0 Å². The van der Waals surface area contributed by atoms with Crippen LogP contribution in [0.1, 0.15) is 23.2 Å². The summed E-state index contributed by atoms with van der Waals surface area (Å²) in [5.74, 6) is -0.393. The van der Waals surface area contributed by atoms with E-state index in [-0.39, 0.29) is 29.6 Å². The third-order valence-corrected chi connectivity index (χ3v) is 4.98. The molecule has 8 nitrogen and oxygen atoms in total. The van der Waals surface area contributed by atoms with Crippen LogP contribution in [0.2, 0.25) is 0 Å². The Kier molecular flexibility index (Phi) is 5.18. The molecule has 1 fully saturated rings. The number of nitrogens with zero attached hydrogens (tertiary/aromatic N) is 2. The van der Waals surface area contributed by atoms with E-state index in [1.807, 2.05) is 0 Å². The van der Waals surface area contributed by atoms with E-state index in [9.17, 15) is 14.7 Å². The van der Waals surface area contributed by atoms with Crippen LogP contribution in [0.4, 0.5) is 0 Å². The molecule has 0 saturated carbocycles. The summed E-state index contributed by atoms with van der Waals surface area (Å²) in [5.41, 5.74) is -0.202. The van der Waals surface area contributed by atoms with E-state index in [1.165, 1.54) is 10.8 Å². The Bertz CT molecular complexity index is 1100. The summed E-state index contributed by atoms with van der Waals surface area (Å²) in [7, 11) is 1.55. The van der Waals surface area contributed by atoms with Gasteiger partial charge >= 0.3 is 0 Å². The van der Waals surface area contributed by atoms with Gasteiger partial charge in [0.2, 0.25) is 0 Å². The maximum atomic E-state index is 13.2. The van der Waals surface area contributed by atoms with Crippen LogP contribution in [0.15, 0.2) is 47.4 Å². The van der Waals surface area contributed by atoms with E-state index in [4.69, 9.17) is 9.47 Å². The molecule has 2 aromatic heterocycles. The van der Waals surface area contributed by atoms with E-state index in [2.05, 4.69) is 10.3 Å². The zero-order chi connectivity index (χ0) is 20.4. The molecule has 1 amide bonds. The highest BCUT2D eigenvalue weighted by Gasteiger charge is 2.25. The van der Waals surface area contributed by atoms with Crippen LogP contribution in [-0.2, 0) is 4.74 Å². The van der Waals surface area contributed by atoms with Crippen LogP contribution in [0.3, 0.4) is 0 Å². The fourth-order valence-corrected chi connectivity index (χ4v) is 3.48. The topological polar surface area (TPSA) is 103 Å². The molecule has 0 unspecified atom stereocenters. The maximum absolute atomic E-state index is 13.2. The maximum Gasteiger partial charge on any atom is 0.273 e. The average Bonchev–Trinajstić information content (AvgIpc) is 3.27. The van der Waals surface area contributed by atoms with Gasteiger partial charge in [0.05, 0.1) is 24.3 Å². The lowest BCUT2D eigenvalue weighted by Gasteiger charge is -2.15. The molecule has 8 heteroatoms. The van der Waals surface area contributed by atoms with Crippen molar-refractivity contribution < 1.29 is 19.4 Å². The Hall–Kier alpha value is -3.39. The molecule has 0 radical (unpaired) electrons. The normalized spacial score (nSPS) is 16.1. The molecule has 1 saturated heterocycles. The number of benzene rings is 1. The van der Waals surface area contributed by atoms with Crippen molar-refractivity contribution in [2.75, 3.05) is 20.3 Å². The molecule has 1 atom stereocenters. The first kappa shape index (κ1) is 18.9. The SMILES string of the molecule is COc1ccc(-n2c(=O)c(C(=O)NC[C@@H]3CCCO3)c(O)c3cccnc32)cc1. The summed E-state index contributed by atoms with van der Waals surface area (Å²) in [6, 6.07) is 10.1. The zero-order valence-corrected chi connectivity index (χ0v) is 15.9. The lowest BCUT2D eigenvalue weighted by molar-refractivity contribution is 0.0854. The van der Waals surface area contributed by atoms with E-state index in [1.54, 1.807) is 43.5 Å². The number of aromatic nitrogens is 2. The zero-order valence-electron chi connectivity index (χ0n) is 15.9. The predicted molar refractivity (Wildman–Crippen MR) is 107 cm³/mol. The number of aromatic hydroxyl groups is 1. The molecule has 3 aromatic rings. The molecular weight excluding hydrogens is 374 g/mol. The highest BCUT2D eigenvalue weighted by Crippen LogP contribution is 2.27. The van der Waals surface area contributed by atoms with Gasteiger partial charge in [-0.1, -0.05) is 0 Å². The quantitative estimate of drug-likeness (QED) is 0.685. The molecule has 150 valence electrons. The standard InChI is InChI=1S/C21H21N3O5/c1-28-14-8-6-13(7-9-14)24-19-16(5-2-10-22-19)18(25)17(21(24)27)20(26)23-12-15-4-3-11-29-15/h2,5-10,15,25H,3-4,11-12H2,1H3,(H,23,26)/t15-/m0/s1. The van der Waals surface area contributed by atoms with Gasteiger partial charge in [0, 0.05) is 19.3 Å². The van der Waals surface area contributed by atoms with Gasteiger partial charge in [-0.3, -0.25) is 14.2 Å². The third-order valence-electron chi connectivity index (χ3n) is 4.98. The van der Waals surface area contributed by atoms with E-state index in [0.29, 0.717) is 23.4 Å². The van der Waals surface area contributed by atoms with Crippen molar-refractivity contribution in [3.8, 4) is 17.2 Å². The number of fused-ring (bicyclic) bond motifs is 1. The fourth-order valence-electron chi connectivity index (χ4n) is 3.48. The largest absolute Gasteiger partial charge is 0.506 e. The van der Waals surface area contributed by atoms with Crippen LogP contribution in [0.25, 0.3) is 16.7 Å². The fraction of sp³-hybridized carbons (Fsp3) is 0.286. The molecule has 3 heterocycles. The second-order valence-electron chi connectivity index (χ2n) is 6.78. The first-order valence-electron chi connectivity index (χ1n) is 9.37. The van der Waals surface area contributed by atoms with Crippen molar-refractivity contribution >= 4 is 16.9 Å². The second-order valence-corrected chi connectivity index (χ2v) is 6.78. The van der Waals surface area contributed by atoms with Gasteiger partial charge in [-0.2, -0.15) is 0 Å². The number of ether oxygens (including phenoxy) is 2. The van der Waals surface area contributed by atoms with Crippen LogP contribution >= 0.6 is 0 Å². The van der Waals surface area contributed by atoms with Gasteiger partial charge in [-0.25, -0.2) is 4.98 Å². The number of carbonyl (C=O) groups excluding carboxylic acids is 1. The molecule has 0 spiro atoms. The van der Waals surface area contributed by atoms with Crippen molar-refractivity contribution in [1.29, 1.82) is 0 Å². The van der Waals surface area contributed by atoms with Gasteiger partial charge in [0.15, 0.2) is 5.65 Å². The molecule has 29 heavy (non-hydrogen) atoms. The Labute approximate surface area is 166 Å². The van der Waals surface area contributed by atoms with Crippen LogP contribution in [0.5, 0.6) is 11.5 Å². The second kappa shape index (κ2) is 7.92. The number of methoxy groups -OCH3 is 1. The van der Waals surface area contributed by atoms with Gasteiger partial charge < -0.3 is 19.9 Å². The van der Waals surface area contributed by atoms with Crippen molar-refractivity contribution in [1.82, 2.24) is 14.9 Å². The summed E-state index contributed by atoms with van der Waals surface area (Å²) in [6.07, 6.45) is 3.24. The minimum absolute atomic E-state index is 0.0768. The van der Waals surface area contributed by atoms with Gasteiger partial charge in [0.1, 0.15) is 17.1 Å².